The summed E-state index contributed by atoms with van der Waals surface area (Å²) in [5.41, 5.74) is 3.72. The number of aryl methyl sites for hydroxylation is 1. The van der Waals surface area contributed by atoms with Crippen LogP contribution in [0.3, 0.4) is 0 Å². The number of likely N-dealkylation sites (tertiary alicyclic amines) is 1. The number of fused-ring (bicyclic) bond motifs is 1. The molecular formula is C25H31N3O5S. The highest BCUT2D eigenvalue weighted by Gasteiger charge is 2.34. The number of carbonyl (C=O) groups excluding carboxylic acids is 2. The second-order valence-corrected chi connectivity index (χ2v) is 10.4. The van der Waals surface area contributed by atoms with Crippen LogP contribution in [-0.4, -0.2) is 44.6 Å². The Hall–Kier alpha value is -2.91. The Bertz CT molecular complexity index is 1200. The number of nitrogens with one attached hydrogen (secondary N) is 2. The first-order chi connectivity index (χ1) is 16.3. The van der Waals surface area contributed by atoms with Crippen LogP contribution in [0.4, 0.5) is 10.5 Å². The molecule has 1 unspecified atom stereocenters. The van der Waals surface area contributed by atoms with Crippen molar-refractivity contribution in [2.45, 2.75) is 63.4 Å². The molecule has 9 heteroatoms. The Morgan fingerprint density at radius 3 is 2.53 bits per heavy atom. The minimum Gasteiger partial charge on any atom is -0.450 e. The Balaban J connectivity index is 1.61. The van der Waals surface area contributed by atoms with Crippen LogP contribution in [0.25, 0.3) is 0 Å². The highest BCUT2D eigenvalue weighted by molar-refractivity contribution is 7.89. The lowest BCUT2D eigenvalue weighted by atomic mass is 9.90. The first kappa shape index (κ1) is 24.2. The molecule has 0 radical (unpaired) electrons. The van der Waals surface area contributed by atoms with Crippen molar-refractivity contribution in [2.24, 2.45) is 0 Å². The number of amides is 2. The molecule has 8 nitrogen and oxygen atoms in total. The van der Waals surface area contributed by atoms with E-state index in [9.17, 15) is 18.0 Å². The number of sulfonamides is 1. The van der Waals surface area contributed by atoms with Crippen LogP contribution in [0.2, 0.25) is 0 Å². The van der Waals surface area contributed by atoms with Crippen LogP contribution >= 0.6 is 0 Å². The van der Waals surface area contributed by atoms with E-state index in [1.165, 1.54) is 4.90 Å². The maximum Gasteiger partial charge on any atom is 0.411 e. The third kappa shape index (κ3) is 4.95. The maximum atomic E-state index is 13.4. The number of hydrogen-bond donors (Lipinski definition) is 2. The molecule has 4 rings (SSSR count). The summed E-state index contributed by atoms with van der Waals surface area (Å²) >= 11 is 0. The van der Waals surface area contributed by atoms with Gasteiger partial charge in [0.05, 0.1) is 17.7 Å². The first-order valence-electron chi connectivity index (χ1n) is 11.8. The van der Waals surface area contributed by atoms with E-state index in [0.717, 1.165) is 29.5 Å². The van der Waals surface area contributed by atoms with Crippen LogP contribution in [-0.2, 0) is 27.6 Å². The molecule has 1 fully saturated rings. The molecular weight excluding hydrogens is 454 g/mol. The molecule has 1 atom stereocenters. The summed E-state index contributed by atoms with van der Waals surface area (Å²) in [5.74, 6) is -0.212. The van der Waals surface area contributed by atoms with Gasteiger partial charge in [-0.3, -0.25) is 9.69 Å². The predicted molar refractivity (Wildman–Crippen MR) is 129 cm³/mol. The van der Waals surface area contributed by atoms with Crippen molar-refractivity contribution in [3.8, 4) is 0 Å². The van der Waals surface area contributed by atoms with Crippen LogP contribution in [0.15, 0.2) is 41.3 Å². The lowest BCUT2D eigenvalue weighted by molar-refractivity contribution is 0.101. The fourth-order valence-electron chi connectivity index (χ4n) is 4.78. The monoisotopic (exact) mass is 485 g/mol. The summed E-state index contributed by atoms with van der Waals surface area (Å²) in [6.07, 6.45) is 3.21. The molecule has 2 aromatic rings. The topological polar surface area (TPSA) is 105 Å². The van der Waals surface area contributed by atoms with Crippen molar-refractivity contribution in [3.63, 3.8) is 0 Å². The molecule has 1 aliphatic carbocycles. The van der Waals surface area contributed by atoms with Crippen LogP contribution in [0.1, 0.15) is 59.7 Å². The Kier molecular flexibility index (Phi) is 7.23. The zero-order valence-electron chi connectivity index (χ0n) is 19.6. The Labute approximate surface area is 200 Å². The van der Waals surface area contributed by atoms with Gasteiger partial charge in [-0.2, -0.15) is 4.72 Å². The molecule has 0 saturated carbocycles. The molecule has 2 amide bonds. The van der Waals surface area contributed by atoms with Crippen molar-refractivity contribution in [1.29, 1.82) is 0 Å². The van der Waals surface area contributed by atoms with Gasteiger partial charge in [0.1, 0.15) is 0 Å². The van der Waals surface area contributed by atoms with Gasteiger partial charge in [0.15, 0.2) is 0 Å². The van der Waals surface area contributed by atoms with Gasteiger partial charge in [-0.25, -0.2) is 13.2 Å². The average Bonchev–Trinajstić information content (AvgIpc) is 3.27. The van der Waals surface area contributed by atoms with E-state index in [-0.39, 0.29) is 17.4 Å². The van der Waals surface area contributed by atoms with E-state index >= 15 is 0 Å². The molecule has 1 saturated heterocycles. The maximum absolute atomic E-state index is 13.4. The summed E-state index contributed by atoms with van der Waals surface area (Å²) < 4.78 is 34.6. The van der Waals surface area contributed by atoms with Crippen LogP contribution < -0.4 is 10.0 Å². The first-order valence-corrected chi connectivity index (χ1v) is 13.3. The molecule has 34 heavy (non-hydrogen) atoms. The third-order valence-electron chi connectivity index (χ3n) is 6.47. The van der Waals surface area contributed by atoms with Crippen molar-refractivity contribution in [2.75, 3.05) is 18.5 Å². The van der Waals surface area contributed by atoms with Gasteiger partial charge < -0.3 is 10.1 Å². The fraction of sp³-hybridized carbons (Fsp3) is 0.440. The molecule has 182 valence electrons. The average molecular weight is 486 g/mol. The van der Waals surface area contributed by atoms with Crippen LogP contribution in [0, 0.1) is 6.92 Å². The number of hydrogen-bond acceptors (Lipinski definition) is 5. The highest BCUT2D eigenvalue weighted by Crippen LogP contribution is 2.34. The van der Waals surface area contributed by atoms with Gasteiger partial charge in [-0.05, 0) is 87.3 Å². The van der Waals surface area contributed by atoms with Crippen molar-refractivity contribution >= 4 is 27.7 Å². The van der Waals surface area contributed by atoms with Gasteiger partial charge in [-0.1, -0.05) is 18.2 Å². The number of ether oxygens (including phenoxy) is 1. The third-order valence-corrected chi connectivity index (χ3v) is 8.01. The van der Waals surface area contributed by atoms with Gasteiger partial charge in [-0.15, -0.1) is 0 Å². The zero-order valence-corrected chi connectivity index (χ0v) is 20.4. The fourth-order valence-corrected chi connectivity index (χ4v) is 6.30. The summed E-state index contributed by atoms with van der Waals surface area (Å²) in [6.45, 7) is 4.29. The van der Waals surface area contributed by atoms with E-state index < -0.39 is 22.3 Å². The summed E-state index contributed by atoms with van der Waals surface area (Å²) in [5, 5.41) is 2.99. The van der Waals surface area contributed by atoms with Gasteiger partial charge in [0, 0.05) is 17.8 Å². The number of benzene rings is 2. The van der Waals surface area contributed by atoms with Crippen molar-refractivity contribution in [3.05, 3.63) is 58.7 Å². The normalized spacial score (nSPS) is 17.8. The SMILES string of the molecule is CCOC(=O)N1CCCC1NS(=O)(=O)c1ccc(NC(=O)c2ccccc2C)c2c1CCCC2. The number of carbonyl (C=O) groups is 2. The number of rotatable bonds is 6. The van der Waals surface area contributed by atoms with Crippen molar-refractivity contribution < 1.29 is 22.7 Å². The molecule has 2 aliphatic rings. The predicted octanol–water partition coefficient (Wildman–Crippen LogP) is 3.98. The molecule has 1 heterocycles. The number of anilines is 1. The second-order valence-electron chi connectivity index (χ2n) is 8.72. The molecule has 2 N–H and O–H groups in total. The smallest absolute Gasteiger partial charge is 0.411 e. The zero-order chi connectivity index (χ0) is 24.3. The van der Waals surface area contributed by atoms with E-state index in [4.69, 9.17) is 4.74 Å². The minimum absolute atomic E-state index is 0.212. The molecule has 0 aromatic heterocycles. The highest BCUT2D eigenvalue weighted by atomic mass is 32.2. The standard InChI is InChI=1S/C25H31N3O5S/c1-3-33-25(30)28-16-8-13-23(28)27-34(31,32)22-15-14-21(19-11-6-7-12-20(19)22)26-24(29)18-10-5-4-9-17(18)2/h4-5,9-10,14-15,23,27H,3,6-8,11-13,16H2,1-2H3,(H,26,29). The van der Waals surface area contributed by atoms with Gasteiger partial charge >= 0.3 is 6.09 Å². The van der Waals surface area contributed by atoms with Gasteiger partial charge in [0.25, 0.3) is 5.91 Å². The van der Waals surface area contributed by atoms with E-state index in [1.54, 1.807) is 25.1 Å². The lowest BCUT2D eigenvalue weighted by Crippen LogP contribution is -2.47. The summed E-state index contributed by atoms with van der Waals surface area (Å²) in [6, 6.07) is 10.6. The molecule has 0 spiro atoms. The number of nitrogens with zero attached hydrogens (tertiary/aromatic N) is 1. The minimum atomic E-state index is -3.88. The second kappa shape index (κ2) is 10.1. The molecule has 2 aromatic carbocycles. The summed E-state index contributed by atoms with van der Waals surface area (Å²) in [4.78, 5) is 26.8. The lowest BCUT2D eigenvalue weighted by Gasteiger charge is -2.27. The van der Waals surface area contributed by atoms with E-state index in [2.05, 4.69) is 10.0 Å². The van der Waals surface area contributed by atoms with Crippen LogP contribution in [0.5, 0.6) is 0 Å². The van der Waals surface area contributed by atoms with E-state index in [0.29, 0.717) is 43.5 Å². The Morgan fingerprint density at radius 2 is 1.79 bits per heavy atom. The quantitative estimate of drug-likeness (QED) is 0.644. The van der Waals surface area contributed by atoms with Gasteiger partial charge in [0.2, 0.25) is 10.0 Å². The van der Waals surface area contributed by atoms with E-state index in [1.807, 2.05) is 25.1 Å². The van der Waals surface area contributed by atoms with Crippen molar-refractivity contribution in [1.82, 2.24) is 9.62 Å². The molecule has 0 bridgehead atoms. The Morgan fingerprint density at radius 1 is 1.06 bits per heavy atom. The summed E-state index contributed by atoms with van der Waals surface area (Å²) in [7, 11) is -3.88. The largest absolute Gasteiger partial charge is 0.450 e. The molecule has 1 aliphatic heterocycles.